The number of rotatable bonds is 6. The van der Waals surface area contributed by atoms with Gasteiger partial charge < -0.3 is 10.1 Å². The van der Waals surface area contributed by atoms with E-state index < -0.39 is 23.9 Å². The first-order valence-electron chi connectivity index (χ1n) is 7.95. The molecule has 0 bridgehead atoms. The largest absolute Gasteiger partial charge is 0.455 e. The van der Waals surface area contributed by atoms with Crippen LogP contribution in [0.1, 0.15) is 36.7 Å². The van der Waals surface area contributed by atoms with Gasteiger partial charge in [-0.3, -0.25) is 14.4 Å². The van der Waals surface area contributed by atoms with Gasteiger partial charge in [0.05, 0.1) is 11.1 Å². The van der Waals surface area contributed by atoms with E-state index in [0.717, 1.165) is 5.56 Å². The Bertz CT molecular complexity index is 781. The Morgan fingerprint density at radius 1 is 0.960 bits per heavy atom. The zero-order chi connectivity index (χ0) is 18.4. The summed E-state index contributed by atoms with van der Waals surface area (Å²) in [6, 6.07) is 15.9. The number of esters is 1. The van der Waals surface area contributed by atoms with Gasteiger partial charge in [-0.05, 0) is 38.5 Å². The molecular formula is C20H21NO4. The standard InChI is InChI=1S/C20H21NO4/c1-14(22)16-11-7-8-12-17(16)21-18(23)13-25-19(24)20(2,3)15-9-5-4-6-10-15/h4-12H,13H2,1-3H3,(H,21,23). The van der Waals surface area contributed by atoms with Crippen LogP contribution in [0.2, 0.25) is 0 Å². The van der Waals surface area contributed by atoms with Crippen molar-refractivity contribution in [1.29, 1.82) is 0 Å². The molecule has 0 aliphatic rings. The molecule has 0 heterocycles. The van der Waals surface area contributed by atoms with Crippen LogP contribution in [0.5, 0.6) is 0 Å². The van der Waals surface area contributed by atoms with Crippen LogP contribution in [-0.4, -0.2) is 24.3 Å². The van der Waals surface area contributed by atoms with Gasteiger partial charge in [-0.2, -0.15) is 0 Å². The van der Waals surface area contributed by atoms with Gasteiger partial charge in [0.25, 0.3) is 5.91 Å². The van der Waals surface area contributed by atoms with Crippen LogP contribution in [0.15, 0.2) is 54.6 Å². The number of benzene rings is 2. The second-order valence-corrected chi connectivity index (χ2v) is 6.22. The van der Waals surface area contributed by atoms with E-state index in [1.165, 1.54) is 6.92 Å². The summed E-state index contributed by atoms with van der Waals surface area (Å²) in [7, 11) is 0. The first kappa shape index (κ1) is 18.4. The fourth-order valence-corrected chi connectivity index (χ4v) is 2.37. The van der Waals surface area contributed by atoms with Crippen molar-refractivity contribution in [3.05, 3.63) is 65.7 Å². The van der Waals surface area contributed by atoms with Crippen LogP contribution in [-0.2, 0) is 19.7 Å². The smallest absolute Gasteiger partial charge is 0.316 e. The number of para-hydroxylation sites is 1. The summed E-state index contributed by atoms with van der Waals surface area (Å²) in [5, 5.41) is 2.60. The molecule has 1 amide bonds. The predicted octanol–water partition coefficient (Wildman–Crippen LogP) is 3.35. The fourth-order valence-electron chi connectivity index (χ4n) is 2.37. The SMILES string of the molecule is CC(=O)c1ccccc1NC(=O)COC(=O)C(C)(C)c1ccccc1. The lowest BCUT2D eigenvalue weighted by atomic mass is 9.85. The molecule has 0 radical (unpaired) electrons. The molecule has 0 atom stereocenters. The maximum Gasteiger partial charge on any atom is 0.316 e. The minimum Gasteiger partial charge on any atom is -0.455 e. The quantitative estimate of drug-likeness (QED) is 0.647. The van der Waals surface area contributed by atoms with E-state index in [-0.39, 0.29) is 5.78 Å². The lowest BCUT2D eigenvalue weighted by molar-refractivity contribution is -0.152. The molecule has 0 aliphatic carbocycles. The zero-order valence-electron chi connectivity index (χ0n) is 14.5. The maximum atomic E-state index is 12.3. The van der Waals surface area contributed by atoms with E-state index in [2.05, 4.69) is 5.32 Å². The van der Waals surface area contributed by atoms with Gasteiger partial charge in [-0.1, -0.05) is 42.5 Å². The van der Waals surface area contributed by atoms with Crippen LogP contribution >= 0.6 is 0 Å². The van der Waals surface area contributed by atoms with Crippen molar-refractivity contribution in [1.82, 2.24) is 0 Å². The average molecular weight is 339 g/mol. The Kier molecular flexibility index (Phi) is 5.70. The highest BCUT2D eigenvalue weighted by molar-refractivity contribution is 6.04. The molecule has 1 N–H and O–H groups in total. The minimum absolute atomic E-state index is 0.155. The van der Waals surface area contributed by atoms with E-state index in [1.54, 1.807) is 38.1 Å². The predicted molar refractivity (Wildman–Crippen MR) is 95.5 cm³/mol. The van der Waals surface area contributed by atoms with E-state index in [9.17, 15) is 14.4 Å². The van der Waals surface area contributed by atoms with Gasteiger partial charge >= 0.3 is 5.97 Å². The molecule has 2 aromatic rings. The Morgan fingerprint density at radius 3 is 2.20 bits per heavy atom. The zero-order valence-corrected chi connectivity index (χ0v) is 14.5. The number of nitrogens with one attached hydrogen (secondary N) is 1. The molecule has 5 nitrogen and oxygen atoms in total. The van der Waals surface area contributed by atoms with Crippen molar-refractivity contribution in [3.63, 3.8) is 0 Å². The van der Waals surface area contributed by atoms with Gasteiger partial charge in [0.15, 0.2) is 12.4 Å². The highest BCUT2D eigenvalue weighted by Gasteiger charge is 2.31. The number of amides is 1. The van der Waals surface area contributed by atoms with Crippen molar-refractivity contribution >= 4 is 23.3 Å². The Balaban J connectivity index is 1.98. The number of carbonyl (C=O) groups is 3. The normalized spacial score (nSPS) is 10.8. The van der Waals surface area contributed by atoms with Crippen molar-refractivity contribution in [3.8, 4) is 0 Å². The van der Waals surface area contributed by atoms with Crippen LogP contribution in [0, 0.1) is 0 Å². The fraction of sp³-hybridized carbons (Fsp3) is 0.250. The van der Waals surface area contributed by atoms with E-state index in [0.29, 0.717) is 11.3 Å². The Hall–Kier alpha value is -2.95. The second-order valence-electron chi connectivity index (χ2n) is 6.22. The molecule has 0 saturated heterocycles. The molecule has 0 aromatic heterocycles. The third kappa shape index (κ3) is 4.53. The molecule has 0 aliphatic heterocycles. The highest BCUT2D eigenvalue weighted by Crippen LogP contribution is 2.24. The van der Waals surface area contributed by atoms with Gasteiger partial charge in [-0.25, -0.2) is 0 Å². The molecule has 0 saturated carbocycles. The minimum atomic E-state index is -0.862. The molecule has 130 valence electrons. The number of ether oxygens (including phenoxy) is 1. The van der Waals surface area contributed by atoms with Crippen molar-refractivity contribution < 1.29 is 19.1 Å². The van der Waals surface area contributed by atoms with Crippen molar-refractivity contribution in [2.75, 3.05) is 11.9 Å². The van der Waals surface area contributed by atoms with Gasteiger partial charge in [0.2, 0.25) is 0 Å². The maximum absolute atomic E-state index is 12.3. The van der Waals surface area contributed by atoms with Crippen LogP contribution in [0.3, 0.4) is 0 Å². The number of anilines is 1. The molecule has 0 spiro atoms. The van der Waals surface area contributed by atoms with Crippen LogP contribution in [0.4, 0.5) is 5.69 Å². The topological polar surface area (TPSA) is 72.5 Å². The lowest BCUT2D eigenvalue weighted by Crippen LogP contribution is -2.33. The summed E-state index contributed by atoms with van der Waals surface area (Å²) in [6.45, 7) is 4.50. The van der Waals surface area contributed by atoms with Crippen LogP contribution in [0.25, 0.3) is 0 Å². The summed E-state index contributed by atoms with van der Waals surface area (Å²) in [5.41, 5.74) is 0.756. The summed E-state index contributed by atoms with van der Waals surface area (Å²) in [4.78, 5) is 36.0. The Morgan fingerprint density at radius 2 is 1.56 bits per heavy atom. The first-order valence-corrected chi connectivity index (χ1v) is 7.95. The van der Waals surface area contributed by atoms with Crippen LogP contribution < -0.4 is 5.32 Å². The number of hydrogen-bond acceptors (Lipinski definition) is 4. The number of hydrogen-bond donors (Lipinski definition) is 1. The summed E-state index contributed by atoms with van der Waals surface area (Å²) < 4.78 is 5.16. The number of Topliss-reactive ketones (excluding diaryl/α,β-unsaturated/α-hetero) is 1. The van der Waals surface area contributed by atoms with E-state index >= 15 is 0 Å². The summed E-state index contributed by atoms with van der Waals surface area (Å²) in [6.07, 6.45) is 0. The molecule has 25 heavy (non-hydrogen) atoms. The molecule has 2 aromatic carbocycles. The Labute approximate surface area is 147 Å². The summed E-state index contributed by atoms with van der Waals surface area (Å²) >= 11 is 0. The third-order valence-corrected chi connectivity index (χ3v) is 3.92. The van der Waals surface area contributed by atoms with Gasteiger partial charge in [-0.15, -0.1) is 0 Å². The highest BCUT2D eigenvalue weighted by atomic mass is 16.5. The second kappa shape index (κ2) is 7.75. The van der Waals surface area contributed by atoms with Gasteiger partial charge in [0.1, 0.15) is 0 Å². The van der Waals surface area contributed by atoms with Crippen molar-refractivity contribution in [2.45, 2.75) is 26.2 Å². The van der Waals surface area contributed by atoms with Gasteiger partial charge in [0, 0.05) is 5.56 Å². The molecule has 2 rings (SSSR count). The number of ketones is 1. The average Bonchev–Trinajstić information content (AvgIpc) is 2.60. The monoisotopic (exact) mass is 339 g/mol. The summed E-state index contributed by atoms with van der Waals surface area (Å²) in [5.74, 6) is -1.14. The first-order chi connectivity index (χ1) is 11.8. The van der Waals surface area contributed by atoms with Crippen molar-refractivity contribution in [2.24, 2.45) is 0 Å². The van der Waals surface area contributed by atoms with E-state index in [4.69, 9.17) is 4.74 Å². The molecule has 0 fully saturated rings. The molecule has 0 unspecified atom stereocenters. The number of carbonyl (C=O) groups excluding carboxylic acids is 3. The molecular weight excluding hydrogens is 318 g/mol. The third-order valence-electron chi connectivity index (χ3n) is 3.92. The lowest BCUT2D eigenvalue weighted by Gasteiger charge is -2.22. The molecule has 5 heteroatoms. The van der Waals surface area contributed by atoms with E-state index in [1.807, 2.05) is 30.3 Å².